The molecule has 7 nitrogen and oxygen atoms in total. The Morgan fingerprint density at radius 3 is 2.58 bits per heavy atom. The maximum Gasteiger partial charge on any atom is 0.338 e. The van der Waals surface area contributed by atoms with Crippen molar-refractivity contribution in [3.05, 3.63) is 75.6 Å². The van der Waals surface area contributed by atoms with Crippen molar-refractivity contribution < 1.29 is 23.5 Å². The van der Waals surface area contributed by atoms with Crippen LogP contribution in [-0.2, 0) is 16.1 Å². The molecule has 1 aliphatic carbocycles. The molecule has 1 aliphatic rings. The van der Waals surface area contributed by atoms with E-state index < -0.39 is 17.7 Å². The van der Waals surface area contributed by atoms with Gasteiger partial charge in [0.25, 0.3) is 5.91 Å². The highest BCUT2D eigenvalue weighted by molar-refractivity contribution is 5.92. The lowest BCUT2D eigenvalue weighted by molar-refractivity contribution is -0.129. The van der Waals surface area contributed by atoms with Crippen molar-refractivity contribution in [3.63, 3.8) is 0 Å². The largest absolute Gasteiger partial charge is 0.489 e. The zero-order valence-corrected chi connectivity index (χ0v) is 17.3. The van der Waals surface area contributed by atoms with Gasteiger partial charge in [0, 0.05) is 23.6 Å². The molecule has 1 heterocycles. The third kappa shape index (κ3) is 5.12. The molecule has 1 N–H and O–H groups in total. The van der Waals surface area contributed by atoms with E-state index in [4.69, 9.17) is 13.9 Å². The van der Waals surface area contributed by atoms with Crippen LogP contribution in [0.2, 0.25) is 0 Å². The van der Waals surface area contributed by atoms with E-state index in [9.17, 15) is 14.4 Å². The Morgan fingerprint density at radius 2 is 1.87 bits per heavy atom. The number of hydrogen-bond acceptors (Lipinski definition) is 6. The van der Waals surface area contributed by atoms with Gasteiger partial charge in [0.15, 0.2) is 6.10 Å². The number of rotatable bonds is 7. The number of fused-ring (bicyclic) bond motifs is 1. The molecule has 4 rings (SSSR count). The predicted octanol–water partition coefficient (Wildman–Crippen LogP) is 3.50. The van der Waals surface area contributed by atoms with E-state index in [1.807, 2.05) is 19.1 Å². The van der Waals surface area contributed by atoms with Crippen molar-refractivity contribution >= 4 is 22.8 Å². The number of amides is 1. The van der Waals surface area contributed by atoms with Crippen LogP contribution in [0.3, 0.4) is 0 Å². The van der Waals surface area contributed by atoms with Gasteiger partial charge in [-0.05, 0) is 62.1 Å². The fourth-order valence-corrected chi connectivity index (χ4v) is 3.13. The molecular weight excluding hydrogens is 398 g/mol. The fourth-order valence-electron chi connectivity index (χ4n) is 3.13. The average molecular weight is 421 g/mol. The predicted molar refractivity (Wildman–Crippen MR) is 114 cm³/mol. The molecule has 0 unspecified atom stereocenters. The van der Waals surface area contributed by atoms with Gasteiger partial charge in [-0.15, -0.1) is 0 Å². The Balaban J connectivity index is 1.35. The van der Waals surface area contributed by atoms with Gasteiger partial charge < -0.3 is 19.2 Å². The normalized spacial score (nSPS) is 14.1. The number of hydrogen-bond donors (Lipinski definition) is 1. The van der Waals surface area contributed by atoms with E-state index >= 15 is 0 Å². The first-order chi connectivity index (χ1) is 14.9. The third-order valence-corrected chi connectivity index (χ3v) is 5.09. The minimum absolute atomic E-state index is 0.218. The molecule has 1 fully saturated rings. The molecule has 0 spiro atoms. The maximum atomic E-state index is 12.3. The minimum Gasteiger partial charge on any atom is -0.489 e. The Bertz CT molecular complexity index is 1180. The molecule has 0 bridgehead atoms. The highest BCUT2D eigenvalue weighted by Crippen LogP contribution is 2.23. The van der Waals surface area contributed by atoms with Crippen LogP contribution in [0.4, 0.5) is 0 Å². The van der Waals surface area contributed by atoms with Crippen LogP contribution in [0.1, 0.15) is 41.3 Å². The zero-order chi connectivity index (χ0) is 22.0. The molecule has 0 aliphatic heterocycles. The smallest absolute Gasteiger partial charge is 0.338 e. The second kappa shape index (κ2) is 8.63. The highest BCUT2D eigenvalue weighted by atomic mass is 16.5. The van der Waals surface area contributed by atoms with E-state index in [0.717, 1.165) is 29.4 Å². The van der Waals surface area contributed by atoms with Gasteiger partial charge in [0.2, 0.25) is 0 Å². The molecule has 31 heavy (non-hydrogen) atoms. The highest BCUT2D eigenvalue weighted by Gasteiger charge is 2.27. The first-order valence-electron chi connectivity index (χ1n) is 10.2. The van der Waals surface area contributed by atoms with Crippen molar-refractivity contribution in [2.75, 3.05) is 0 Å². The molecule has 1 saturated carbocycles. The SMILES string of the molecule is Cc1cc(=O)oc2cc(OCc3ccc(C(=O)O[C@@H](C)C(=O)NC4CC4)cc3)ccc12. The number of esters is 1. The number of carbonyl (C=O) groups excluding carboxylic acids is 2. The molecule has 1 atom stereocenters. The van der Waals surface area contributed by atoms with E-state index in [0.29, 0.717) is 16.9 Å². The lowest BCUT2D eigenvalue weighted by Crippen LogP contribution is -2.37. The Morgan fingerprint density at radius 1 is 1.13 bits per heavy atom. The van der Waals surface area contributed by atoms with Gasteiger partial charge >= 0.3 is 11.6 Å². The lowest BCUT2D eigenvalue weighted by Gasteiger charge is -2.13. The molecule has 2 aromatic carbocycles. The van der Waals surface area contributed by atoms with Crippen molar-refractivity contribution in [1.82, 2.24) is 5.32 Å². The van der Waals surface area contributed by atoms with Gasteiger partial charge in [-0.1, -0.05) is 12.1 Å². The van der Waals surface area contributed by atoms with E-state index in [-0.39, 0.29) is 18.6 Å². The quantitative estimate of drug-likeness (QED) is 0.463. The number of carbonyl (C=O) groups is 2. The lowest BCUT2D eigenvalue weighted by atomic mass is 10.1. The molecule has 0 radical (unpaired) electrons. The van der Waals surface area contributed by atoms with Gasteiger partial charge in [-0.3, -0.25) is 4.79 Å². The topological polar surface area (TPSA) is 94.8 Å². The zero-order valence-electron chi connectivity index (χ0n) is 17.3. The number of nitrogens with one attached hydrogen (secondary N) is 1. The number of aryl methyl sites for hydroxylation is 1. The monoisotopic (exact) mass is 421 g/mol. The van der Waals surface area contributed by atoms with Gasteiger partial charge in [0.05, 0.1) is 5.56 Å². The van der Waals surface area contributed by atoms with Crippen LogP contribution in [-0.4, -0.2) is 24.0 Å². The van der Waals surface area contributed by atoms with E-state index in [1.165, 1.54) is 6.07 Å². The Hall–Kier alpha value is -3.61. The second-order valence-electron chi connectivity index (χ2n) is 7.72. The first-order valence-corrected chi connectivity index (χ1v) is 10.2. The summed E-state index contributed by atoms with van der Waals surface area (Å²) in [6.45, 7) is 3.69. The summed E-state index contributed by atoms with van der Waals surface area (Å²) in [4.78, 5) is 35.8. The molecule has 0 saturated heterocycles. The van der Waals surface area contributed by atoms with Gasteiger partial charge in [-0.25, -0.2) is 9.59 Å². The Kier molecular flexibility index (Phi) is 5.75. The molecule has 160 valence electrons. The summed E-state index contributed by atoms with van der Waals surface area (Å²) < 4.78 is 16.3. The summed E-state index contributed by atoms with van der Waals surface area (Å²) in [7, 11) is 0. The van der Waals surface area contributed by atoms with Crippen LogP contribution in [0.5, 0.6) is 5.75 Å². The fraction of sp³-hybridized carbons (Fsp3) is 0.292. The second-order valence-corrected chi connectivity index (χ2v) is 7.72. The van der Waals surface area contributed by atoms with Crippen LogP contribution < -0.4 is 15.7 Å². The number of ether oxygens (including phenoxy) is 2. The van der Waals surface area contributed by atoms with Crippen LogP contribution >= 0.6 is 0 Å². The third-order valence-electron chi connectivity index (χ3n) is 5.09. The molecule has 1 aromatic heterocycles. The Labute approximate surface area is 179 Å². The first kappa shape index (κ1) is 20.7. The van der Waals surface area contributed by atoms with Crippen molar-refractivity contribution in [1.29, 1.82) is 0 Å². The molecule has 1 amide bonds. The van der Waals surface area contributed by atoms with Crippen molar-refractivity contribution in [3.8, 4) is 5.75 Å². The van der Waals surface area contributed by atoms with Crippen LogP contribution in [0.15, 0.2) is 57.7 Å². The van der Waals surface area contributed by atoms with Crippen molar-refractivity contribution in [2.45, 2.75) is 45.4 Å². The molecule has 7 heteroatoms. The number of benzene rings is 2. The maximum absolute atomic E-state index is 12.3. The molecular formula is C24H23NO6. The summed E-state index contributed by atoms with van der Waals surface area (Å²) in [5.74, 6) is -0.256. The van der Waals surface area contributed by atoms with Gasteiger partial charge in [0.1, 0.15) is 17.9 Å². The van der Waals surface area contributed by atoms with E-state index in [1.54, 1.807) is 37.3 Å². The van der Waals surface area contributed by atoms with E-state index in [2.05, 4.69) is 5.32 Å². The van der Waals surface area contributed by atoms with Gasteiger partial charge in [-0.2, -0.15) is 0 Å². The standard InChI is InChI=1S/C24H23NO6/c1-14-11-22(26)31-21-12-19(9-10-20(14)21)29-13-16-3-5-17(6-4-16)24(28)30-15(2)23(27)25-18-7-8-18/h3-6,9-12,15,18H,7-8,13H2,1-2H3,(H,25,27)/t15-/m0/s1. The summed E-state index contributed by atoms with van der Waals surface area (Å²) in [6.07, 6.45) is 1.11. The summed E-state index contributed by atoms with van der Waals surface area (Å²) in [5.41, 5.74) is 2.13. The molecule has 3 aromatic rings. The van der Waals surface area contributed by atoms with Crippen molar-refractivity contribution in [2.24, 2.45) is 0 Å². The minimum atomic E-state index is -0.840. The summed E-state index contributed by atoms with van der Waals surface area (Å²) in [6, 6.07) is 13.8. The van der Waals surface area contributed by atoms with Crippen LogP contribution in [0, 0.1) is 6.92 Å². The summed E-state index contributed by atoms with van der Waals surface area (Å²) >= 11 is 0. The summed E-state index contributed by atoms with van der Waals surface area (Å²) in [5, 5.41) is 3.67. The average Bonchev–Trinajstić information content (AvgIpc) is 3.56. The van der Waals surface area contributed by atoms with Crippen LogP contribution in [0.25, 0.3) is 11.0 Å².